The largest absolute Gasteiger partial charge is 0.497 e. The Labute approximate surface area is 127 Å². The average Bonchev–Trinajstić information content (AvgIpc) is 3.09. The molecule has 3 aromatic rings. The molecule has 5 heteroatoms. The molecule has 0 saturated heterocycles. The monoisotopic (exact) mass is 294 g/mol. The van der Waals surface area contributed by atoms with Gasteiger partial charge in [-0.25, -0.2) is 9.48 Å². The van der Waals surface area contributed by atoms with Crippen LogP contribution in [0.25, 0.3) is 16.8 Å². The van der Waals surface area contributed by atoms with E-state index in [1.54, 1.807) is 23.0 Å². The number of benzene rings is 2. The first-order valence-electron chi connectivity index (χ1n) is 6.71. The van der Waals surface area contributed by atoms with E-state index in [4.69, 9.17) is 4.74 Å². The summed E-state index contributed by atoms with van der Waals surface area (Å²) in [5.41, 5.74) is 2.61. The van der Waals surface area contributed by atoms with E-state index < -0.39 is 5.97 Å². The van der Waals surface area contributed by atoms with Gasteiger partial charge in [0.1, 0.15) is 5.75 Å². The van der Waals surface area contributed by atoms with Crippen LogP contribution in [0.5, 0.6) is 5.75 Å². The van der Waals surface area contributed by atoms with E-state index in [2.05, 4.69) is 5.10 Å². The van der Waals surface area contributed by atoms with Crippen LogP contribution in [0.4, 0.5) is 0 Å². The van der Waals surface area contributed by atoms with Gasteiger partial charge in [0.15, 0.2) is 0 Å². The molecule has 0 amide bonds. The number of carbonyl (C=O) groups is 1. The van der Waals surface area contributed by atoms with Crippen molar-refractivity contribution in [2.45, 2.75) is 0 Å². The molecular weight excluding hydrogens is 280 g/mol. The van der Waals surface area contributed by atoms with Crippen molar-refractivity contribution in [2.75, 3.05) is 7.11 Å². The number of carboxylic acids is 1. The predicted octanol–water partition coefficient (Wildman–Crippen LogP) is 3.25. The maximum atomic E-state index is 11.4. The first-order chi connectivity index (χ1) is 10.7. The number of methoxy groups -OCH3 is 1. The molecule has 0 saturated carbocycles. The van der Waals surface area contributed by atoms with Crippen molar-refractivity contribution in [1.82, 2.24) is 9.78 Å². The van der Waals surface area contributed by atoms with E-state index >= 15 is 0 Å². The molecule has 110 valence electrons. The van der Waals surface area contributed by atoms with E-state index in [9.17, 15) is 9.90 Å². The lowest BCUT2D eigenvalue weighted by Gasteiger charge is -2.09. The van der Waals surface area contributed by atoms with Crippen molar-refractivity contribution < 1.29 is 14.6 Å². The van der Waals surface area contributed by atoms with Gasteiger partial charge in [0, 0.05) is 12.4 Å². The Bertz CT molecular complexity index is 793. The van der Waals surface area contributed by atoms with Gasteiger partial charge in [-0.15, -0.1) is 0 Å². The van der Waals surface area contributed by atoms with Crippen molar-refractivity contribution in [3.63, 3.8) is 0 Å². The summed E-state index contributed by atoms with van der Waals surface area (Å²) in [5.74, 6) is -0.459. The number of hydrogen-bond acceptors (Lipinski definition) is 3. The average molecular weight is 294 g/mol. The Balaban J connectivity index is 2.02. The lowest BCUT2D eigenvalue weighted by atomic mass is 9.99. The second-order valence-corrected chi connectivity index (χ2v) is 4.71. The Morgan fingerprint density at radius 3 is 2.55 bits per heavy atom. The van der Waals surface area contributed by atoms with Gasteiger partial charge in [0.2, 0.25) is 0 Å². The highest BCUT2D eigenvalue weighted by atomic mass is 16.5. The summed E-state index contributed by atoms with van der Waals surface area (Å²) in [6, 6.07) is 14.4. The maximum absolute atomic E-state index is 11.4. The van der Waals surface area contributed by atoms with Crippen molar-refractivity contribution in [1.29, 1.82) is 0 Å². The van der Waals surface area contributed by atoms with Crippen LogP contribution < -0.4 is 4.74 Å². The molecule has 0 fully saturated rings. The zero-order chi connectivity index (χ0) is 15.5. The van der Waals surface area contributed by atoms with Crippen LogP contribution in [0.15, 0.2) is 60.9 Å². The predicted molar refractivity (Wildman–Crippen MR) is 82.5 cm³/mol. The fourth-order valence-electron chi connectivity index (χ4n) is 2.29. The number of aromatic carboxylic acids is 1. The molecular formula is C17H14N2O3. The summed E-state index contributed by atoms with van der Waals surface area (Å²) in [7, 11) is 1.51. The Morgan fingerprint density at radius 1 is 1.18 bits per heavy atom. The molecule has 0 spiro atoms. The zero-order valence-electron chi connectivity index (χ0n) is 11.9. The minimum absolute atomic E-state index is 0.214. The van der Waals surface area contributed by atoms with Crippen molar-refractivity contribution >= 4 is 5.97 Å². The highest BCUT2D eigenvalue weighted by molar-refractivity contribution is 5.96. The summed E-state index contributed by atoms with van der Waals surface area (Å²) < 4.78 is 6.83. The highest BCUT2D eigenvalue weighted by Gasteiger charge is 2.13. The molecule has 5 nitrogen and oxygen atoms in total. The number of carboxylic acid groups (broad SMARTS) is 1. The highest BCUT2D eigenvalue weighted by Crippen LogP contribution is 2.28. The third kappa shape index (κ3) is 2.56. The van der Waals surface area contributed by atoms with Gasteiger partial charge < -0.3 is 9.84 Å². The Hall–Kier alpha value is -3.08. The van der Waals surface area contributed by atoms with Crippen LogP contribution in [0.2, 0.25) is 0 Å². The van der Waals surface area contributed by atoms with E-state index in [-0.39, 0.29) is 5.56 Å². The molecule has 1 N–H and O–H groups in total. The lowest BCUT2D eigenvalue weighted by molar-refractivity contribution is 0.0697. The number of hydrogen-bond donors (Lipinski definition) is 1. The molecule has 0 bridgehead atoms. The van der Waals surface area contributed by atoms with E-state index in [1.807, 2.05) is 36.5 Å². The van der Waals surface area contributed by atoms with E-state index in [0.717, 1.165) is 11.3 Å². The SMILES string of the molecule is COc1ccc(-c2ccc(-n3cccn3)cc2)c(C(=O)O)c1. The van der Waals surface area contributed by atoms with Crippen molar-refractivity contribution in [2.24, 2.45) is 0 Å². The third-order valence-electron chi connectivity index (χ3n) is 3.40. The molecule has 0 aliphatic heterocycles. The molecule has 3 rings (SSSR count). The van der Waals surface area contributed by atoms with Crippen LogP contribution in [-0.2, 0) is 0 Å². The standard InChI is InChI=1S/C17H14N2O3/c1-22-14-7-8-15(16(11-14)17(20)21)12-3-5-13(6-4-12)19-10-2-9-18-19/h2-11H,1H3,(H,20,21). The molecule has 0 aliphatic carbocycles. The lowest BCUT2D eigenvalue weighted by Crippen LogP contribution is -2.01. The summed E-state index contributed by atoms with van der Waals surface area (Å²) >= 11 is 0. The molecule has 0 atom stereocenters. The van der Waals surface area contributed by atoms with Crippen molar-refractivity contribution in [3.8, 4) is 22.6 Å². The molecule has 0 radical (unpaired) electrons. The smallest absolute Gasteiger partial charge is 0.336 e. The van der Waals surface area contributed by atoms with Gasteiger partial charge in [-0.3, -0.25) is 0 Å². The Morgan fingerprint density at radius 2 is 1.95 bits per heavy atom. The first-order valence-corrected chi connectivity index (χ1v) is 6.71. The van der Waals surface area contributed by atoms with Gasteiger partial charge in [0.25, 0.3) is 0 Å². The minimum atomic E-state index is -0.981. The molecule has 0 aliphatic rings. The zero-order valence-corrected chi connectivity index (χ0v) is 11.9. The summed E-state index contributed by atoms with van der Waals surface area (Å²) in [6.07, 6.45) is 3.56. The third-order valence-corrected chi connectivity index (χ3v) is 3.40. The van der Waals surface area contributed by atoms with Crippen LogP contribution in [0, 0.1) is 0 Å². The number of aromatic nitrogens is 2. The van der Waals surface area contributed by atoms with Crippen LogP contribution in [-0.4, -0.2) is 28.0 Å². The molecule has 2 aromatic carbocycles. The summed E-state index contributed by atoms with van der Waals surface area (Å²) in [4.78, 5) is 11.4. The van der Waals surface area contributed by atoms with E-state index in [0.29, 0.717) is 11.3 Å². The van der Waals surface area contributed by atoms with Gasteiger partial charge in [-0.05, 0) is 47.5 Å². The quantitative estimate of drug-likeness (QED) is 0.802. The number of ether oxygens (including phenoxy) is 1. The van der Waals surface area contributed by atoms with Gasteiger partial charge >= 0.3 is 5.97 Å². The van der Waals surface area contributed by atoms with Crippen molar-refractivity contribution in [3.05, 3.63) is 66.5 Å². The molecule has 1 aromatic heterocycles. The van der Waals surface area contributed by atoms with Gasteiger partial charge in [-0.1, -0.05) is 12.1 Å². The topological polar surface area (TPSA) is 64.4 Å². The van der Waals surface area contributed by atoms with Crippen LogP contribution in [0.1, 0.15) is 10.4 Å². The van der Waals surface area contributed by atoms with E-state index in [1.165, 1.54) is 13.2 Å². The fraction of sp³-hybridized carbons (Fsp3) is 0.0588. The Kier molecular flexibility index (Phi) is 3.62. The summed E-state index contributed by atoms with van der Waals surface area (Å²) in [5, 5.41) is 13.5. The molecule has 22 heavy (non-hydrogen) atoms. The number of nitrogens with zero attached hydrogens (tertiary/aromatic N) is 2. The first kappa shape index (κ1) is 13.9. The molecule has 1 heterocycles. The molecule has 0 unspecified atom stereocenters. The summed E-state index contributed by atoms with van der Waals surface area (Å²) in [6.45, 7) is 0. The van der Waals surface area contributed by atoms with Gasteiger partial charge in [0.05, 0.1) is 18.4 Å². The second-order valence-electron chi connectivity index (χ2n) is 4.71. The van der Waals surface area contributed by atoms with Crippen LogP contribution >= 0.6 is 0 Å². The normalized spacial score (nSPS) is 10.4. The second kappa shape index (κ2) is 5.73. The van der Waals surface area contributed by atoms with Crippen LogP contribution in [0.3, 0.4) is 0 Å². The van der Waals surface area contributed by atoms with Gasteiger partial charge in [-0.2, -0.15) is 5.10 Å². The number of rotatable bonds is 4. The minimum Gasteiger partial charge on any atom is -0.497 e. The maximum Gasteiger partial charge on any atom is 0.336 e. The fourth-order valence-corrected chi connectivity index (χ4v) is 2.29.